The van der Waals surface area contributed by atoms with Crippen LogP contribution in [0.4, 0.5) is 0 Å². The van der Waals surface area contributed by atoms with Gasteiger partial charge >= 0.3 is 0 Å². The Morgan fingerprint density at radius 1 is 1.19 bits per heavy atom. The fourth-order valence-electron chi connectivity index (χ4n) is 3.94. The summed E-state index contributed by atoms with van der Waals surface area (Å²) >= 11 is 1.40. The first-order valence-corrected chi connectivity index (χ1v) is 12.4. The first-order chi connectivity index (χ1) is 15.0. The van der Waals surface area contributed by atoms with Crippen LogP contribution in [0.2, 0.25) is 0 Å². The summed E-state index contributed by atoms with van der Waals surface area (Å²) in [7, 11) is 0. The average molecular weight is 454 g/mol. The Balaban J connectivity index is 1.82. The summed E-state index contributed by atoms with van der Waals surface area (Å²) in [5.41, 5.74) is 1.55. The largest absolute Gasteiger partial charge is 0.337 e. The molecule has 1 aromatic carbocycles. The van der Waals surface area contributed by atoms with Gasteiger partial charge in [-0.25, -0.2) is 0 Å². The number of nitrogens with one attached hydrogen (secondary N) is 1. The standard InChI is InChI=1S/C25H35N5OS/c1-17(2)25(6,16-26)27-21(31)15-32-23-29-28-22(30(23)20-9-7-8-10-20)18-11-13-19(14-12-18)24(3,4)5/h11-14,17,20H,7-10,15H2,1-6H3,(H,27,31)/t25-/m1/s1. The molecule has 1 aliphatic carbocycles. The Morgan fingerprint density at radius 3 is 2.34 bits per heavy atom. The number of carbonyl (C=O) groups is 1. The lowest BCUT2D eigenvalue weighted by atomic mass is 9.86. The van der Waals surface area contributed by atoms with Gasteiger partial charge < -0.3 is 5.32 Å². The van der Waals surface area contributed by atoms with E-state index in [0.717, 1.165) is 29.4 Å². The maximum absolute atomic E-state index is 12.6. The molecular formula is C25H35N5OS. The molecule has 1 amide bonds. The van der Waals surface area contributed by atoms with Crippen LogP contribution in [-0.2, 0) is 10.2 Å². The van der Waals surface area contributed by atoms with Crippen molar-refractivity contribution < 1.29 is 4.79 Å². The van der Waals surface area contributed by atoms with Crippen molar-refractivity contribution in [3.8, 4) is 17.5 Å². The lowest BCUT2D eigenvalue weighted by molar-refractivity contribution is -0.120. The second-order valence-corrected chi connectivity index (χ2v) is 11.2. The van der Waals surface area contributed by atoms with Gasteiger partial charge in [-0.15, -0.1) is 10.2 Å². The minimum absolute atomic E-state index is 0.0197. The molecule has 1 saturated carbocycles. The highest BCUT2D eigenvalue weighted by atomic mass is 32.2. The highest BCUT2D eigenvalue weighted by Crippen LogP contribution is 2.37. The zero-order valence-corrected chi connectivity index (χ0v) is 20.9. The lowest BCUT2D eigenvalue weighted by Gasteiger charge is -2.27. The third-order valence-corrected chi connectivity index (χ3v) is 7.42. The summed E-state index contributed by atoms with van der Waals surface area (Å²) in [6, 6.07) is 11.2. The average Bonchev–Trinajstić information content (AvgIpc) is 3.41. The summed E-state index contributed by atoms with van der Waals surface area (Å²) < 4.78 is 2.23. The van der Waals surface area contributed by atoms with Gasteiger partial charge in [0.2, 0.25) is 5.91 Å². The Labute approximate surface area is 196 Å². The number of amides is 1. The third-order valence-electron chi connectivity index (χ3n) is 6.48. The van der Waals surface area contributed by atoms with Crippen LogP contribution in [0.3, 0.4) is 0 Å². The molecule has 0 saturated heterocycles. The monoisotopic (exact) mass is 453 g/mol. The summed E-state index contributed by atoms with van der Waals surface area (Å²) in [6.45, 7) is 12.3. The number of aromatic nitrogens is 3. The van der Waals surface area contributed by atoms with Gasteiger partial charge in [-0.1, -0.05) is 83.5 Å². The zero-order valence-electron chi connectivity index (χ0n) is 20.1. The summed E-state index contributed by atoms with van der Waals surface area (Å²) in [5.74, 6) is 0.929. The molecule has 0 unspecified atom stereocenters. The molecule has 1 N–H and O–H groups in total. The Hall–Kier alpha value is -2.33. The summed E-state index contributed by atoms with van der Waals surface area (Å²) in [6.07, 6.45) is 4.60. The van der Waals surface area contributed by atoms with Crippen LogP contribution in [-0.4, -0.2) is 32.0 Å². The lowest BCUT2D eigenvalue weighted by Crippen LogP contribution is -2.49. The predicted octanol–water partition coefficient (Wildman–Crippen LogP) is 5.50. The number of hydrogen-bond donors (Lipinski definition) is 1. The van der Waals surface area contributed by atoms with Crippen molar-refractivity contribution in [2.75, 3.05) is 5.75 Å². The molecule has 1 atom stereocenters. The zero-order chi connectivity index (χ0) is 23.5. The van der Waals surface area contributed by atoms with Crippen LogP contribution < -0.4 is 5.32 Å². The number of nitrogens with zero attached hydrogens (tertiary/aromatic N) is 4. The molecule has 1 fully saturated rings. The van der Waals surface area contributed by atoms with E-state index < -0.39 is 5.54 Å². The minimum atomic E-state index is -0.878. The highest BCUT2D eigenvalue weighted by molar-refractivity contribution is 7.99. The van der Waals surface area contributed by atoms with Crippen molar-refractivity contribution in [1.29, 1.82) is 5.26 Å². The first-order valence-electron chi connectivity index (χ1n) is 11.5. The smallest absolute Gasteiger partial charge is 0.231 e. The van der Waals surface area contributed by atoms with E-state index in [0.29, 0.717) is 6.04 Å². The second-order valence-electron chi connectivity index (χ2n) is 10.2. The highest BCUT2D eigenvalue weighted by Gasteiger charge is 2.31. The molecule has 0 aliphatic heterocycles. The number of hydrogen-bond acceptors (Lipinski definition) is 5. The molecule has 1 aliphatic rings. The van der Waals surface area contributed by atoms with Gasteiger partial charge in [0, 0.05) is 11.6 Å². The van der Waals surface area contributed by atoms with Crippen LogP contribution in [0, 0.1) is 17.2 Å². The SMILES string of the molecule is CC(C)[C@@](C)(C#N)NC(=O)CSc1nnc(-c2ccc(C(C)(C)C)cc2)n1C1CCCC1. The Morgan fingerprint density at radius 2 is 1.81 bits per heavy atom. The molecule has 2 aromatic rings. The number of carbonyl (C=O) groups excluding carboxylic acids is 1. The molecule has 0 spiro atoms. The van der Waals surface area contributed by atoms with Gasteiger partial charge in [0.05, 0.1) is 11.8 Å². The van der Waals surface area contributed by atoms with Crippen molar-refractivity contribution in [2.45, 2.75) is 89.4 Å². The van der Waals surface area contributed by atoms with Gasteiger partial charge in [0.1, 0.15) is 5.54 Å². The van der Waals surface area contributed by atoms with Crippen LogP contribution in [0.25, 0.3) is 11.4 Å². The molecule has 1 heterocycles. The van der Waals surface area contributed by atoms with Crippen LogP contribution >= 0.6 is 11.8 Å². The van der Waals surface area contributed by atoms with E-state index in [-0.39, 0.29) is 23.0 Å². The van der Waals surface area contributed by atoms with Crippen molar-refractivity contribution in [3.05, 3.63) is 29.8 Å². The predicted molar refractivity (Wildman–Crippen MR) is 129 cm³/mol. The van der Waals surface area contributed by atoms with Gasteiger partial charge in [-0.3, -0.25) is 9.36 Å². The number of nitriles is 1. The molecule has 172 valence electrons. The molecule has 6 nitrogen and oxygen atoms in total. The van der Waals surface area contributed by atoms with Crippen molar-refractivity contribution >= 4 is 17.7 Å². The molecule has 3 rings (SSSR count). The number of benzene rings is 1. The van der Waals surface area contributed by atoms with E-state index in [9.17, 15) is 10.1 Å². The molecular weight excluding hydrogens is 418 g/mol. The van der Waals surface area contributed by atoms with Gasteiger partial charge in [-0.05, 0) is 36.7 Å². The summed E-state index contributed by atoms with van der Waals surface area (Å²) in [4.78, 5) is 12.6. The Bertz CT molecular complexity index is 977. The van der Waals surface area contributed by atoms with E-state index in [1.54, 1.807) is 6.92 Å². The molecule has 0 radical (unpaired) electrons. The minimum Gasteiger partial charge on any atom is -0.337 e. The van der Waals surface area contributed by atoms with Crippen molar-refractivity contribution in [2.24, 2.45) is 5.92 Å². The fourth-order valence-corrected chi connectivity index (χ4v) is 4.75. The Kier molecular flexibility index (Phi) is 7.34. The fraction of sp³-hybridized carbons (Fsp3) is 0.600. The van der Waals surface area contributed by atoms with E-state index in [1.807, 2.05) is 13.8 Å². The second kappa shape index (κ2) is 9.66. The maximum atomic E-state index is 12.6. The number of rotatable bonds is 7. The normalized spacial score (nSPS) is 16.7. The number of thioether (sulfide) groups is 1. The van der Waals surface area contributed by atoms with E-state index >= 15 is 0 Å². The van der Waals surface area contributed by atoms with Crippen LogP contribution in [0.1, 0.15) is 78.8 Å². The van der Waals surface area contributed by atoms with Crippen molar-refractivity contribution in [3.63, 3.8) is 0 Å². The van der Waals surface area contributed by atoms with E-state index in [1.165, 1.54) is 30.2 Å². The molecule has 32 heavy (non-hydrogen) atoms. The van der Waals surface area contributed by atoms with Crippen LogP contribution in [0.15, 0.2) is 29.4 Å². The van der Waals surface area contributed by atoms with E-state index in [2.05, 4.69) is 71.2 Å². The van der Waals surface area contributed by atoms with E-state index in [4.69, 9.17) is 0 Å². The third kappa shape index (κ3) is 5.35. The molecule has 7 heteroatoms. The molecule has 1 aromatic heterocycles. The topological polar surface area (TPSA) is 83.6 Å². The van der Waals surface area contributed by atoms with Gasteiger partial charge in [0.15, 0.2) is 11.0 Å². The van der Waals surface area contributed by atoms with Crippen LogP contribution in [0.5, 0.6) is 0 Å². The van der Waals surface area contributed by atoms with Gasteiger partial charge in [-0.2, -0.15) is 5.26 Å². The summed E-state index contributed by atoms with van der Waals surface area (Å²) in [5, 5.41) is 22.1. The maximum Gasteiger partial charge on any atom is 0.231 e. The van der Waals surface area contributed by atoms with Crippen molar-refractivity contribution in [1.82, 2.24) is 20.1 Å². The van der Waals surface area contributed by atoms with Gasteiger partial charge in [0.25, 0.3) is 0 Å². The first kappa shape index (κ1) is 24.3. The molecule has 0 bridgehead atoms. The quantitative estimate of drug-likeness (QED) is 0.559.